The highest BCUT2D eigenvalue weighted by Crippen LogP contribution is 2.72. The lowest BCUT2D eigenvalue weighted by Crippen LogP contribution is -2.65. The van der Waals surface area contributed by atoms with Gasteiger partial charge in [-0.3, -0.25) is 4.79 Å². The van der Waals surface area contributed by atoms with Crippen LogP contribution < -0.4 is 0 Å². The Balaban J connectivity index is 2.04. The summed E-state index contributed by atoms with van der Waals surface area (Å²) in [7, 11) is 0. The normalized spacial score (nSPS) is 53.5. The van der Waals surface area contributed by atoms with Crippen molar-refractivity contribution in [3.63, 3.8) is 0 Å². The van der Waals surface area contributed by atoms with Crippen molar-refractivity contribution in [3.05, 3.63) is 0 Å². The van der Waals surface area contributed by atoms with Crippen LogP contribution in [0.3, 0.4) is 0 Å². The van der Waals surface area contributed by atoms with Crippen LogP contribution in [-0.4, -0.2) is 16.9 Å². The van der Waals surface area contributed by atoms with Crippen molar-refractivity contribution in [3.8, 4) is 0 Å². The Morgan fingerprint density at radius 2 is 1.56 bits per heavy atom. The third kappa shape index (κ3) is 1.64. The topological polar surface area (TPSA) is 26.3 Å². The van der Waals surface area contributed by atoms with Gasteiger partial charge in [-0.25, -0.2) is 0 Å². The molecule has 0 aromatic rings. The number of alkyl halides is 1. The first-order valence-corrected chi connectivity index (χ1v) is 7.61. The number of rotatable bonds is 4. The molecule has 3 heteroatoms. The maximum atomic E-state index is 10.9. The van der Waals surface area contributed by atoms with Crippen LogP contribution in [0.4, 0.5) is 0 Å². The van der Waals surface area contributed by atoms with Crippen molar-refractivity contribution in [2.45, 2.75) is 75.7 Å². The first-order chi connectivity index (χ1) is 8.42. The third-order valence-corrected chi connectivity index (χ3v) is 6.37. The Morgan fingerprint density at radius 3 is 2.00 bits per heavy atom. The highest BCUT2D eigenvalue weighted by atomic mass is 35.5. The van der Waals surface area contributed by atoms with Crippen LogP contribution in [0.5, 0.6) is 0 Å². The lowest BCUT2D eigenvalue weighted by atomic mass is 9.41. The smallest absolute Gasteiger partial charge is 0.293 e. The molecule has 4 saturated carbocycles. The molecule has 2 unspecified atom stereocenters. The molecule has 0 aromatic carbocycles. The van der Waals surface area contributed by atoms with Gasteiger partial charge in [-0.05, 0) is 42.9 Å². The fraction of sp³-hybridized carbons (Fsp3) is 0.933. The van der Waals surface area contributed by atoms with E-state index >= 15 is 0 Å². The minimum atomic E-state index is -0.260. The van der Waals surface area contributed by atoms with E-state index in [2.05, 4.69) is 13.8 Å². The summed E-state index contributed by atoms with van der Waals surface area (Å²) in [5.41, 5.74) is 0.370. The minimum absolute atomic E-state index is 0.121. The average molecular weight is 271 g/mol. The van der Waals surface area contributed by atoms with Gasteiger partial charge in [0.15, 0.2) is 0 Å². The fourth-order valence-electron chi connectivity index (χ4n) is 5.81. The molecule has 0 saturated heterocycles. The largest absolute Gasteiger partial charge is 0.461 e. The van der Waals surface area contributed by atoms with Gasteiger partial charge in [0.1, 0.15) is 5.60 Å². The Hall–Kier alpha value is -0.240. The molecule has 4 aliphatic carbocycles. The van der Waals surface area contributed by atoms with Crippen LogP contribution in [0.15, 0.2) is 0 Å². The quantitative estimate of drug-likeness (QED) is 0.569. The molecule has 2 nitrogen and oxygen atoms in total. The van der Waals surface area contributed by atoms with E-state index in [1.807, 2.05) is 0 Å². The van der Waals surface area contributed by atoms with E-state index in [0.717, 1.165) is 44.9 Å². The Morgan fingerprint density at radius 1 is 1.00 bits per heavy atom. The summed E-state index contributed by atoms with van der Waals surface area (Å²) in [4.78, 5) is 10.8. The summed E-state index contributed by atoms with van der Waals surface area (Å²) in [6.45, 7) is 5.19. The van der Waals surface area contributed by atoms with Gasteiger partial charge in [-0.1, -0.05) is 26.7 Å². The lowest BCUT2D eigenvalue weighted by Gasteiger charge is -2.68. The average Bonchev–Trinajstić information content (AvgIpc) is 2.26. The zero-order chi connectivity index (χ0) is 13.1. The number of carbonyl (C=O) groups excluding carboxylic acids is 1. The van der Waals surface area contributed by atoms with Crippen LogP contribution in [0.25, 0.3) is 0 Å². The van der Waals surface area contributed by atoms with Gasteiger partial charge in [-0.2, -0.15) is 0 Å². The zero-order valence-electron chi connectivity index (χ0n) is 11.4. The monoisotopic (exact) mass is 270 g/mol. The molecule has 0 amide bonds. The second-order valence-corrected chi connectivity index (χ2v) is 8.12. The summed E-state index contributed by atoms with van der Waals surface area (Å²) >= 11 is 6.90. The van der Waals surface area contributed by atoms with Crippen molar-refractivity contribution in [1.82, 2.24) is 0 Å². The van der Waals surface area contributed by atoms with Crippen molar-refractivity contribution in [2.24, 2.45) is 10.8 Å². The number of ether oxygens (including phenoxy) is 1. The molecule has 102 valence electrons. The maximum Gasteiger partial charge on any atom is 0.293 e. The summed E-state index contributed by atoms with van der Waals surface area (Å²) in [6.07, 6.45) is 8.76. The Labute approximate surface area is 114 Å². The fourth-order valence-corrected chi connectivity index (χ4v) is 6.62. The van der Waals surface area contributed by atoms with Crippen LogP contribution in [0.2, 0.25) is 0 Å². The van der Waals surface area contributed by atoms with Gasteiger partial charge >= 0.3 is 0 Å². The molecule has 4 bridgehead atoms. The molecule has 4 fully saturated rings. The molecular formula is C15H23ClO2. The molecule has 18 heavy (non-hydrogen) atoms. The number of hydrogen-bond acceptors (Lipinski definition) is 2. The third-order valence-electron chi connectivity index (χ3n) is 5.97. The van der Waals surface area contributed by atoms with Gasteiger partial charge in [0.25, 0.3) is 6.47 Å². The predicted molar refractivity (Wildman–Crippen MR) is 71.6 cm³/mol. The standard InChI is InChI=1S/C15H23ClO2/c1-3-12-5-13(4-2)7-14(16,6-12)10-15(8-12,9-13)18-11-17/h11H,3-10H2,1-2H3. The van der Waals surface area contributed by atoms with Crippen LogP contribution >= 0.6 is 11.6 Å². The van der Waals surface area contributed by atoms with Crippen molar-refractivity contribution < 1.29 is 9.53 Å². The molecule has 4 aliphatic rings. The molecule has 0 aliphatic heterocycles. The van der Waals surface area contributed by atoms with Crippen LogP contribution in [0.1, 0.15) is 65.2 Å². The first kappa shape index (κ1) is 12.8. The molecule has 0 N–H and O–H groups in total. The summed E-state index contributed by atoms with van der Waals surface area (Å²) in [5.74, 6) is 0. The van der Waals surface area contributed by atoms with Crippen LogP contribution in [0, 0.1) is 10.8 Å². The minimum Gasteiger partial charge on any atom is -0.461 e. The summed E-state index contributed by atoms with van der Waals surface area (Å²) < 4.78 is 5.60. The van der Waals surface area contributed by atoms with Gasteiger partial charge in [0, 0.05) is 11.3 Å². The number of hydrogen-bond donors (Lipinski definition) is 0. The summed E-state index contributed by atoms with van der Waals surface area (Å²) in [6, 6.07) is 0. The van der Waals surface area contributed by atoms with Gasteiger partial charge in [-0.15, -0.1) is 11.6 Å². The van der Waals surface area contributed by atoms with E-state index in [4.69, 9.17) is 16.3 Å². The molecular weight excluding hydrogens is 248 g/mol. The molecule has 0 aromatic heterocycles. The molecule has 0 heterocycles. The molecule has 0 radical (unpaired) electrons. The molecule has 4 rings (SSSR count). The number of halogens is 1. The van der Waals surface area contributed by atoms with Gasteiger partial charge in [0.2, 0.25) is 0 Å². The van der Waals surface area contributed by atoms with E-state index in [-0.39, 0.29) is 10.5 Å². The Bertz CT molecular complexity index is 359. The summed E-state index contributed by atoms with van der Waals surface area (Å²) in [5, 5.41) is 0. The van der Waals surface area contributed by atoms with E-state index in [9.17, 15) is 4.79 Å². The first-order valence-electron chi connectivity index (χ1n) is 7.23. The second-order valence-electron chi connectivity index (χ2n) is 7.32. The zero-order valence-corrected chi connectivity index (χ0v) is 12.2. The predicted octanol–water partition coefficient (Wildman–Crippen LogP) is 4.05. The van der Waals surface area contributed by atoms with E-state index in [1.54, 1.807) is 0 Å². The maximum absolute atomic E-state index is 10.9. The van der Waals surface area contributed by atoms with Gasteiger partial charge in [0.05, 0.1) is 0 Å². The second kappa shape index (κ2) is 3.65. The van der Waals surface area contributed by atoms with Crippen molar-refractivity contribution in [1.29, 1.82) is 0 Å². The highest BCUT2D eigenvalue weighted by Gasteiger charge is 2.67. The lowest BCUT2D eigenvalue weighted by molar-refractivity contribution is -0.209. The SMILES string of the molecule is CCC12CC3(Cl)CC(CC)(C1)CC(OC=O)(C3)C2. The van der Waals surface area contributed by atoms with Gasteiger partial charge < -0.3 is 4.74 Å². The van der Waals surface area contributed by atoms with Crippen molar-refractivity contribution >= 4 is 18.1 Å². The van der Waals surface area contributed by atoms with E-state index in [1.165, 1.54) is 6.42 Å². The highest BCUT2D eigenvalue weighted by molar-refractivity contribution is 6.24. The van der Waals surface area contributed by atoms with Crippen molar-refractivity contribution in [2.75, 3.05) is 0 Å². The Kier molecular flexibility index (Phi) is 2.59. The van der Waals surface area contributed by atoms with E-state index in [0.29, 0.717) is 17.3 Å². The number of carbonyl (C=O) groups is 1. The molecule has 0 spiro atoms. The molecule has 2 atom stereocenters. The van der Waals surface area contributed by atoms with Crippen LogP contribution in [-0.2, 0) is 9.53 Å². The van der Waals surface area contributed by atoms with E-state index < -0.39 is 0 Å².